The van der Waals surface area contributed by atoms with Crippen molar-refractivity contribution in [3.05, 3.63) is 107 Å². The minimum absolute atomic E-state index is 0.0407. The van der Waals surface area contributed by atoms with E-state index >= 15 is 0 Å². The molecule has 0 aliphatic heterocycles. The van der Waals surface area contributed by atoms with E-state index < -0.39 is 11.9 Å². The largest absolute Gasteiger partial charge is 0.508 e. The van der Waals surface area contributed by atoms with E-state index in [4.69, 9.17) is 29.2 Å². The van der Waals surface area contributed by atoms with E-state index in [1.54, 1.807) is 42.5 Å². The van der Waals surface area contributed by atoms with Gasteiger partial charge in [-0.2, -0.15) is 4.89 Å². The zero-order chi connectivity index (χ0) is 32.4. The molecular weight excluding hydrogens is 588 g/mol. The first-order chi connectivity index (χ1) is 21.5. The summed E-state index contributed by atoms with van der Waals surface area (Å²) in [4.78, 5) is 38.7. The van der Waals surface area contributed by atoms with Gasteiger partial charge in [0.05, 0.1) is 24.3 Å². The molecule has 0 amide bonds. The standard InChI is InChI=1S/C33H32O12/c1-33(2,19-40-25-6-10-27(11-7-25)44-32(38)29-14-5-24(35)16-30(29)31(36)37)20-41-26-8-12-28(13-9-26)45-43-18-21-3-4-23(34)15-22(21)17-42-39/h3-16,34-35,39H,17-20H2,1-2H3,(H,36,37). The Bertz CT molecular complexity index is 1600. The molecule has 0 radical (unpaired) electrons. The van der Waals surface area contributed by atoms with Crippen LogP contribution in [-0.4, -0.2) is 45.7 Å². The number of phenols is 2. The van der Waals surface area contributed by atoms with Crippen LogP contribution in [0.4, 0.5) is 0 Å². The van der Waals surface area contributed by atoms with Gasteiger partial charge in [-0.25, -0.2) is 14.5 Å². The molecule has 12 heteroatoms. The quantitative estimate of drug-likeness (QED) is 0.0530. The number of carboxylic acids is 1. The van der Waals surface area contributed by atoms with Gasteiger partial charge in [0.25, 0.3) is 0 Å². The first-order valence-corrected chi connectivity index (χ1v) is 13.6. The first-order valence-electron chi connectivity index (χ1n) is 13.6. The maximum Gasteiger partial charge on any atom is 0.344 e. The van der Waals surface area contributed by atoms with Crippen molar-refractivity contribution in [1.29, 1.82) is 0 Å². The number of carboxylic acid groups (broad SMARTS) is 1. The molecular formula is C33H32O12. The molecule has 0 aromatic heterocycles. The fourth-order valence-electron chi connectivity index (χ4n) is 3.96. The highest BCUT2D eigenvalue weighted by molar-refractivity contribution is 6.03. The number of aromatic carboxylic acids is 1. The summed E-state index contributed by atoms with van der Waals surface area (Å²) in [5.74, 6) is -0.685. The fraction of sp³-hybridized carbons (Fsp3) is 0.212. The van der Waals surface area contributed by atoms with Crippen molar-refractivity contribution in [1.82, 2.24) is 0 Å². The summed E-state index contributed by atoms with van der Waals surface area (Å²) < 4.78 is 17.1. The maximum absolute atomic E-state index is 12.5. The van der Waals surface area contributed by atoms with Gasteiger partial charge in [-0.05, 0) is 90.0 Å². The Morgan fingerprint density at radius 2 is 1.22 bits per heavy atom. The van der Waals surface area contributed by atoms with Gasteiger partial charge in [-0.1, -0.05) is 19.9 Å². The van der Waals surface area contributed by atoms with Crippen LogP contribution in [0.1, 0.15) is 45.7 Å². The molecule has 0 unspecified atom stereocenters. The Balaban J connectivity index is 1.21. The third-order valence-electron chi connectivity index (χ3n) is 6.35. The van der Waals surface area contributed by atoms with E-state index in [1.807, 2.05) is 13.8 Å². The summed E-state index contributed by atoms with van der Waals surface area (Å²) in [6, 6.07) is 21.1. The van der Waals surface area contributed by atoms with Crippen molar-refractivity contribution in [2.24, 2.45) is 5.41 Å². The molecule has 0 fully saturated rings. The molecule has 4 N–H and O–H groups in total. The highest BCUT2D eigenvalue weighted by Crippen LogP contribution is 2.26. The highest BCUT2D eigenvalue weighted by atomic mass is 17.2. The van der Waals surface area contributed by atoms with Crippen LogP contribution in [-0.2, 0) is 23.0 Å². The van der Waals surface area contributed by atoms with Crippen molar-refractivity contribution >= 4 is 11.9 Å². The molecule has 0 atom stereocenters. The van der Waals surface area contributed by atoms with Crippen molar-refractivity contribution in [2.75, 3.05) is 13.2 Å². The number of carbonyl (C=O) groups excluding carboxylic acids is 1. The van der Waals surface area contributed by atoms with E-state index in [0.29, 0.717) is 41.6 Å². The predicted molar refractivity (Wildman–Crippen MR) is 159 cm³/mol. The summed E-state index contributed by atoms with van der Waals surface area (Å²) >= 11 is 0. The van der Waals surface area contributed by atoms with Crippen LogP contribution in [0.5, 0.6) is 34.5 Å². The number of phenolic OH excluding ortho intramolecular Hbond substituents is 2. The van der Waals surface area contributed by atoms with E-state index in [-0.39, 0.29) is 47.0 Å². The van der Waals surface area contributed by atoms with Gasteiger partial charge in [0.15, 0.2) is 5.75 Å². The van der Waals surface area contributed by atoms with Crippen molar-refractivity contribution in [3.63, 3.8) is 0 Å². The lowest BCUT2D eigenvalue weighted by Crippen LogP contribution is -2.28. The summed E-state index contributed by atoms with van der Waals surface area (Å²) in [6.45, 7) is 4.57. The molecule has 4 aromatic rings. The summed E-state index contributed by atoms with van der Waals surface area (Å²) in [5, 5.41) is 37.1. The fourth-order valence-corrected chi connectivity index (χ4v) is 3.96. The van der Waals surface area contributed by atoms with Gasteiger partial charge in [-0.3, -0.25) is 5.26 Å². The zero-order valence-electron chi connectivity index (χ0n) is 24.5. The third-order valence-corrected chi connectivity index (χ3v) is 6.35. The van der Waals surface area contributed by atoms with Crippen LogP contribution in [0.3, 0.4) is 0 Å². The number of ether oxygens (including phenoxy) is 3. The molecule has 0 saturated heterocycles. The molecule has 45 heavy (non-hydrogen) atoms. The molecule has 0 aliphatic carbocycles. The molecule has 0 bridgehead atoms. The number of carbonyl (C=O) groups is 2. The zero-order valence-corrected chi connectivity index (χ0v) is 24.5. The average Bonchev–Trinajstić information content (AvgIpc) is 3.01. The number of rotatable bonds is 15. The van der Waals surface area contributed by atoms with Gasteiger partial charge in [-0.15, -0.1) is 0 Å². The normalized spacial score (nSPS) is 11.1. The minimum atomic E-state index is -1.36. The second kappa shape index (κ2) is 14.9. The Labute approximate surface area is 258 Å². The van der Waals surface area contributed by atoms with Crippen LogP contribution < -0.4 is 19.1 Å². The van der Waals surface area contributed by atoms with Crippen molar-refractivity contribution < 1.29 is 59.0 Å². The lowest BCUT2D eigenvalue weighted by Gasteiger charge is -2.25. The Kier molecular flexibility index (Phi) is 10.8. The summed E-state index contributed by atoms with van der Waals surface area (Å²) in [6.07, 6.45) is 0. The molecule has 4 rings (SSSR count). The molecule has 0 saturated carbocycles. The van der Waals surface area contributed by atoms with E-state index in [0.717, 1.165) is 6.07 Å². The molecule has 236 valence electrons. The molecule has 4 aromatic carbocycles. The summed E-state index contributed by atoms with van der Waals surface area (Å²) in [7, 11) is 0. The number of benzene rings is 4. The van der Waals surface area contributed by atoms with E-state index in [2.05, 4.69) is 4.89 Å². The first kappa shape index (κ1) is 32.6. The van der Waals surface area contributed by atoms with Crippen LogP contribution in [0.15, 0.2) is 84.9 Å². The van der Waals surface area contributed by atoms with E-state index in [9.17, 15) is 24.9 Å². The average molecular weight is 621 g/mol. The maximum atomic E-state index is 12.5. The number of hydrogen-bond donors (Lipinski definition) is 4. The van der Waals surface area contributed by atoms with Gasteiger partial charge >= 0.3 is 11.9 Å². The van der Waals surface area contributed by atoms with Crippen molar-refractivity contribution in [2.45, 2.75) is 27.1 Å². The minimum Gasteiger partial charge on any atom is -0.508 e. The van der Waals surface area contributed by atoms with Gasteiger partial charge in [0.2, 0.25) is 0 Å². The number of aromatic hydroxyl groups is 2. The second-order valence-electron chi connectivity index (χ2n) is 10.7. The third kappa shape index (κ3) is 9.60. The molecule has 0 spiro atoms. The van der Waals surface area contributed by atoms with E-state index in [1.165, 1.54) is 36.4 Å². The number of esters is 1. The van der Waals surface area contributed by atoms with Gasteiger partial charge in [0, 0.05) is 5.41 Å². The Morgan fingerprint density at radius 3 is 1.82 bits per heavy atom. The van der Waals surface area contributed by atoms with Crippen molar-refractivity contribution in [3.8, 4) is 34.5 Å². The smallest absolute Gasteiger partial charge is 0.344 e. The van der Waals surface area contributed by atoms with Crippen LogP contribution in [0.25, 0.3) is 0 Å². The van der Waals surface area contributed by atoms with Crippen LogP contribution in [0.2, 0.25) is 0 Å². The van der Waals surface area contributed by atoms with Crippen LogP contribution in [0, 0.1) is 5.41 Å². The molecule has 0 aliphatic rings. The number of hydrogen-bond acceptors (Lipinski definition) is 11. The Hall–Kier alpha value is -5.30. The molecule has 12 nitrogen and oxygen atoms in total. The SMILES string of the molecule is CC(C)(COc1ccc(OOCc2ccc(O)cc2COO)cc1)COc1ccc(OC(=O)c2ccc(O)cc2C(=O)O)cc1. The lowest BCUT2D eigenvalue weighted by molar-refractivity contribution is -0.253. The van der Waals surface area contributed by atoms with Gasteiger partial charge in [0.1, 0.15) is 42.0 Å². The highest BCUT2D eigenvalue weighted by Gasteiger charge is 2.22. The monoisotopic (exact) mass is 620 g/mol. The van der Waals surface area contributed by atoms with Crippen LogP contribution >= 0.6 is 0 Å². The predicted octanol–water partition coefficient (Wildman–Crippen LogP) is 6.00. The Morgan fingerprint density at radius 1 is 0.667 bits per heavy atom. The van der Waals surface area contributed by atoms with Gasteiger partial charge < -0.3 is 34.4 Å². The topological polar surface area (TPSA) is 170 Å². The molecule has 0 heterocycles. The summed E-state index contributed by atoms with van der Waals surface area (Å²) in [5.41, 5.74) is 0.295. The second-order valence-corrected chi connectivity index (χ2v) is 10.7. The lowest BCUT2D eigenvalue weighted by atomic mass is 9.96.